The molecule has 3 aromatic carbocycles. The summed E-state index contributed by atoms with van der Waals surface area (Å²) >= 11 is 0. The Morgan fingerprint density at radius 3 is 2.39 bits per heavy atom. The Labute approximate surface area is 182 Å². The summed E-state index contributed by atoms with van der Waals surface area (Å²) in [5.74, 6) is 0.672. The Morgan fingerprint density at radius 2 is 1.65 bits per heavy atom. The van der Waals surface area contributed by atoms with Gasteiger partial charge < -0.3 is 4.74 Å². The summed E-state index contributed by atoms with van der Waals surface area (Å²) in [6.07, 6.45) is 6.78. The van der Waals surface area contributed by atoms with E-state index in [1.807, 2.05) is 60.7 Å². The van der Waals surface area contributed by atoms with E-state index in [2.05, 4.69) is 29.4 Å². The number of aromatic nitrogens is 3. The molecule has 156 valence electrons. The number of allylic oxidation sites excluding steroid dienone is 1. The van der Waals surface area contributed by atoms with Crippen molar-refractivity contribution < 1.29 is 9.53 Å². The fourth-order valence-corrected chi connectivity index (χ4v) is 3.34. The Hall–Kier alpha value is -3.73. The summed E-state index contributed by atoms with van der Waals surface area (Å²) in [5.41, 5.74) is 4.58. The van der Waals surface area contributed by atoms with Crippen LogP contribution >= 0.6 is 0 Å². The largest absolute Gasteiger partial charge is 0.494 e. The Balaban J connectivity index is 1.39. The van der Waals surface area contributed by atoms with Gasteiger partial charge >= 0.3 is 0 Å². The van der Waals surface area contributed by atoms with Crippen LogP contribution in [-0.4, -0.2) is 27.5 Å². The number of benzene rings is 3. The molecule has 31 heavy (non-hydrogen) atoms. The van der Waals surface area contributed by atoms with Crippen LogP contribution in [0.3, 0.4) is 0 Å². The van der Waals surface area contributed by atoms with Crippen LogP contribution in [-0.2, 0) is 0 Å². The Kier molecular flexibility index (Phi) is 6.53. The number of para-hydroxylation sites is 1. The van der Waals surface area contributed by atoms with E-state index >= 15 is 0 Å². The highest BCUT2D eigenvalue weighted by Gasteiger charge is 2.08. The average Bonchev–Trinajstić information content (AvgIpc) is 3.25. The maximum Gasteiger partial charge on any atom is 0.272 e. The van der Waals surface area contributed by atoms with Crippen LogP contribution in [0.15, 0.2) is 78.9 Å². The third-order valence-corrected chi connectivity index (χ3v) is 5.09. The number of unbranched alkanes of at least 4 members (excludes halogenated alkanes) is 2. The maximum atomic E-state index is 12.5. The molecule has 0 aliphatic rings. The van der Waals surface area contributed by atoms with Gasteiger partial charge in [-0.05, 0) is 53.5 Å². The SMILES string of the molecule is CCCCCOc1ccc(-c2ccc(C=CC(=O)n3nnc4ccccc43)cc2)cc1. The summed E-state index contributed by atoms with van der Waals surface area (Å²) in [4.78, 5) is 12.5. The van der Waals surface area contributed by atoms with Crippen molar-refractivity contribution in [2.24, 2.45) is 0 Å². The summed E-state index contributed by atoms with van der Waals surface area (Å²) in [5, 5.41) is 7.97. The zero-order valence-electron chi connectivity index (χ0n) is 17.6. The first-order valence-electron chi connectivity index (χ1n) is 10.6. The molecular weight excluding hydrogens is 386 g/mol. The summed E-state index contributed by atoms with van der Waals surface area (Å²) < 4.78 is 7.09. The molecule has 1 aromatic heterocycles. The molecule has 0 spiro atoms. The molecule has 4 aromatic rings. The van der Waals surface area contributed by atoms with Gasteiger partial charge in [-0.3, -0.25) is 4.79 Å². The van der Waals surface area contributed by atoms with Crippen LogP contribution in [0.1, 0.15) is 36.5 Å². The van der Waals surface area contributed by atoms with Crippen molar-refractivity contribution in [3.8, 4) is 16.9 Å². The molecule has 0 bridgehead atoms. The van der Waals surface area contributed by atoms with Gasteiger partial charge in [0.05, 0.1) is 12.1 Å². The van der Waals surface area contributed by atoms with Gasteiger partial charge in [0.15, 0.2) is 0 Å². The first kappa shape index (κ1) is 20.5. The van der Waals surface area contributed by atoms with Gasteiger partial charge in [-0.1, -0.05) is 73.5 Å². The molecule has 0 N–H and O–H groups in total. The zero-order valence-corrected chi connectivity index (χ0v) is 17.6. The van der Waals surface area contributed by atoms with Crippen molar-refractivity contribution in [2.75, 3.05) is 6.61 Å². The molecule has 5 nitrogen and oxygen atoms in total. The van der Waals surface area contributed by atoms with Gasteiger partial charge in [0.1, 0.15) is 11.3 Å². The number of carbonyl (C=O) groups excluding carboxylic acids is 1. The molecule has 1 heterocycles. The van der Waals surface area contributed by atoms with E-state index in [0.29, 0.717) is 11.0 Å². The lowest BCUT2D eigenvalue weighted by Crippen LogP contribution is -2.08. The highest BCUT2D eigenvalue weighted by Crippen LogP contribution is 2.23. The summed E-state index contributed by atoms with van der Waals surface area (Å²) in [6.45, 7) is 2.95. The molecule has 0 aliphatic carbocycles. The van der Waals surface area contributed by atoms with Crippen molar-refractivity contribution in [2.45, 2.75) is 26.2 Å². The lowest BCUT2D eigenvalue weighted by atomic mass is 10.0. The van der Waals surface area contributed by atoms with E-state index in [1.54, 1.807) is 6.08 Å². The number of ether oxygens (including phenoxy) is 1. The van der Waals surface area contributed by atoms with Crippen molar-refractivity contribution in [1.29, 1.82) is 0 Å². The number of carbonyl (C=O) groups is 1. The van der Waals surface area contributed by atoms with E-state index < -0.39 is 0 Å². The Morgan fingerprint density at radius 1 is 0.935 bits per heavy atom. The summed E-state index contributed by atoms with van der Waals surface area (Å²) in [7, 11) is 0. The van der Waals surface area contributed by atoms with E-state index in [4.69, 9.17) is 4.74 Å². The maximum absolute atomic E-state index is 12.5. The van der Waals surface area contributed by atoms with E-state index in [-0.39, 0.29) is 5.91 Å². The zero-order chi connectivity index (χ0) is 21.5. The monoisotopic (exact) mass is 411 g/mol. The number of hydrogen-bond acceptors (Lipinski definition) is 4. The number of rotatable bonds is 8. The van der Waals surface area contributed by atoms with Crippen LogP contribution in [0.25, 0.3) is 28.2 Å². The molecule has 0 amide bonds. The van der Waals surface area contributed by atoms with Crippen molar-refractivity contribution in [3.63, 3.8) is 0 Å². The van der Waals surface area contributed by atoms with Crippen molar-refractivity contribution in [1.82, 2.24) is 15.0 Å². The Bertz CT molecular complexity index is 1180. The van der Waals surface area contributed by atoms with Gasteiger partial charge in [0.25, 0.3) is 5.91 Å². The molecule has 5 heteroatoms. The molecule has 0 radical (unpaired) electrons. The molecule has 0 atom stereocenters. The second kappa shape index (κ2) is 9.85. The van der Waals surface area contributed by atoms with Gasteiger partial charge in [0.2, 0.25) is 0 Å². The highest BCUT2D eigenvalue weighted by molar-refractivity contribution is 5.98. The van der Waals surface area contributed by atoms with E-state index in [1.165, 1.54) is 23.6 Å². The first-order valence-corrected chi connectivity index (χ1v) is 10.6. The molecule has 0 saturated carbocycles. The number of fused-ring (bicyclic) bond motifs is 1. The molecular formula is C26H25N3O2. The second-order valence-corrected chi connectivity index (χ2v) is 7.36. The van der Waals surface area contributed by atoms with Crippen molar-refractivity contribution >= 4 is 23.0 Å². The predicted molar refractivity (Wildman–Crippen MR) is 124 cm³/mol. The van der Waals surface area contributed by atoms with Crippen LogP contribution in [0.5, 0.6) is 5.75 Å². The quantitative estimate of drug-likeness (QED) is 0.263. The minimum Gasteiger partial charge on any atom is -0.494 e. The van der Waals surface area contributed by atoms with Gasteiger partial charge in [-0.2, -0.15) is 4.68 Å². The van der Waals surface area contributed by atoms with Gasteiger partial charge in [-0.25, -0.2) is 0 Å². The van der Waals surface area contributed by atoms with Crippen LogP contribution in [0.2, 0.25) is 0 Å². The number of nitrogens with zero attached hydrogens (tertiary/aromatic N) is 3. The third-order valence-electron chi connectivity index (χ3n) is 5.09. The predicted octanol–water partition coefficient (Wildman–Crippen LogP) is 6.02. The minimum absolute atomic E-state index is 0.229. The third kappa shape index (κ3) is 5.07. The first-order chi connectivity index (χ1) is 15.2. The molecule has 4 rings (SSSR count). The summed E-state index contributed by atoms with van der Waals surface area (Å²) in [6, 6.07) is 23.6. The normalized spacial score (nSPS) is 11.3. The topological polar surface area (TPSA) is 57.0 Å². The number of hydrogen-bond donors (Lipinski definition) is 0. The van der Waals surface area contributed by atoms with Crippen molar-refractivity contribution in [3.05, 3.63) is 84.4 Å². The highest BCUT2D eigenvalue weighted by atomic mass is 16.5. The standard InChI is InChI=1S/C26H25N3O2/c1-2-3-6-19-31-23-16-14-22(15-17-23)21-12-9-20(10-13-21)11-18-26(30)29-25-8-5-4-7-24(25)27-28-29/h4-5,7-18H,2-3,6,19H2,1H3. The lowest BCUT2D eigenvalue weighted by Gasteiger charge is -2.07. The lowest BCUT2D eigenvalue weighted by molar-refractivity contribution is 0.0958. The average molecular weight is 412 g/mol. The second-order valence-electron chi connectivity index (χ2n) is 7.36. The van der Waals surface area contributed by atoms with Crippen LogP contribution in [0.4, 0.5) is 0 Å². The fraction of sp³-hybridized carbons (Fsp3) is 0.192. The fourth-order valence-electron chi connectivity index (χ4n) is 3.34. The van der Waals surface area contributed by atoms with E-state index in [9.17, 15) is 4.79 Å². The van der Waals surface area contributed by atoms with Crippen LogP contribution in [0, 0.1) is 0 Å². The smallest absolute Gasteiger partial charge is 0.272 e. The molecule has 0 aliphatic heterocycles. The van der Waals surface area contributed by atoms with Gasteiger partial charge in [-0.15, -0.1) is 5.10 Å². The minimum atomic E-state index is -0.229. The van der Waals surface area contributed by atoms with E-state index in [0.717, 1.165) is 35.5 Å². The van der Waals surface area contributed by atoms with Crippen LogP contribution < -0.4 is 4.74 Å². The molecule has 0 saturated heterocycles. The molecule has 0 unspecified atom stereocenters. The van der Waals surface area contributed by atoms with Gasteiger partial charge in [0, 0.05) is 6.08 Å². The molecule has 0 fully saturated rings.